The molecule has 0 saturated carbocycles. The maximum atomic E-state index is 12.4. The van der Waals surface area contributed by atoms with Crippen LogP contribution < -0.4 is 5.32 Å². The SMILES string of the molecule is C=C(C)C(NCCC)c1ccc(C(F)(F)F)cc1. The molecule has 100 valence electrons. The fourth-order valence-electron chi connectivity index (χ4n) is 1.73. The van der Waals surface area contributed by atoms with Crippen LogP contribution in [0.15, 0.2) is 36.4 Å². The lowest BCUT2D eigenvalue weighted by Crippen LogP contribution is -2.22. The minimum Gasteiger partial charge on any atom is -0.307 e. The van der Waals surface area contributed by atoms with Gasteiger partial charge in [0.05, 0.1) is 11.6 Å². The molecule has 1 unspecified atom stereocenters. The first-order valence-corrected chi connectivity index (χ1v) is 5.92. The fraction of sp³-hybridized carbons (Fsp3) is 0.429. The van der Waals surface area contributed by atoms with E-state index in [1.807, 2.05) is 13.8 Å². The Labute approximate surface area is 106 Å². The first kappa shape index (κ1) is 14.8. The normalized spacial score (nSPS) is 13.4. The van der Waals surface area contributed by atoms with E-state index in [0.29, 0.717) is 0 Å². The number of benzene rings is 1. The minimum atomic E-state index is -4.28. The van der Waals surface area contributed by atoms with Crippen molar-refractivity contribution in [1.29, 1.82) is 0 Å². The van der Waals surface area contributed by atoms with Gasteiger partial charge in [-0.25, -0.2) is 0 Å². The molecule has 0 saturated heterocycles. The Morgan fingerprint density at radius 1 is 1.28 bits per heavy atom. The van der Waals surface area contributed by atoms with Crippen LogP contribution in [0.1, 0.15) is 37.4 Å². The minimum absolute atomic E-state index is 0.0905. The molecule has 0 spiro atoms. The van der Waals surface area contributed by atoms with Crippen molar-refractivity contribution in [3.05, 3.63) is 47.5 Å². The first-order valence-electron chi connectivity index (χ1n) is 5.92. The highest BCUT2D eigenvalue weighted by Crippen LogP contribution is 2.30. The lowest BCUT2D eigenvalue weighted by Gasteiger charge is -2.19. The van der Waals surface area contributed by atoms with Crippen LogP contribution in [0.4, 0.5) is 13.2 Å². The van der Waals surface area contributed by atoms with Crippen molar-refractivity contribution >= 4 is 0 Å². The predicted molar refractivity (Wildman–Crippen MR) is 67.3 cm³/mol. The standard InChI is InChI=1S/C14H18F3N/c1-4-9-18-13(10(2)3)11-5-7-12(8-6-11)14(15,16)17/h5-8,13,18H,2,4,9H2,1,3H3. The molecular weight excluding hydrogens is 239 g/mol. The summed E-state index contributed by atoms with van der Waals surface area (Å²) < 4.78 is 37.3. The van der Waals surface area contributed by atoms with E-state index in [2.05, 4.69) is 11.9 Å². The van der Waals surface area contributed by atoms with Crippen LogP contribution in [-0.4, -0.2) is 6.54 Å². The third-order valence-electron chi connectivity index (χ3n) is 2.66. The summed E-state index contributed by atoms with van der Waals surface area (Å²) >= 11 is 0. The van der Waals surface area contributed by atoms with Gasteiger partial charge in [-0.15, -0.1) is 0 Å². The van der Waals surface area contributed by atoms with E-state index in [0.717, 1.165) is 36.2 Å². The maximum absolute atomic E-state index is 12.4. The fourth-order valence-corrected chi connectivity index (χ4v) is 1.73. The predicted octanol–water partition coefficient (Wildman–Crippen LogP) is 4.32. The van der Waals surface area contributed by atoms with E-state index in [-0.39, 0.29) is 6.04 Å². The quantitative estimate of drug-likeness (QED) is 0.774. The highest BCUT2D eigenvalue weighted by molar-refractivity contribution is 5.30. The van der Waals surface area contributed by atoms with Gasteiger partial charge in [-0.2, -0.15) is 13.2 Å². The molecule has 0 fully saturated rings. The zero-order valence-corrected chi connectivity index (χ0v) is 10.6. The maximum Gasteiger partial charge on any atom is 0.416 e. The highest BCUT2D eigenvalue weighted by atomic mass is 19.4. The highest BCUT2D eigenvalue weighted by Gasteiger charge is 2.30. The molecule has 0 aromatic heterocycles. The van der Waals surface area contributed by atoms with Gasteiger partial charge >= 0.3 is 6.18 Å². The van der Waals surface area contributed by atoms with E-state index in [9.17, 15) is 13.2 Å². The lowest BCUT2D eigenvalue weighted by atomic mass is 9.99. The van der Waals surface area contributed by atoms with Crippen molar-refractivity contribution in [2.45, 2.75) is 32.5 Å². The van der Waals surface area contributed by atoms with Gasteiger partial charge < -0.3 is 5.32 Å². The van der Waals surface area contributed by atoms with Crippen LogP contribution in [0, 0.1) is 0 Å². The van der Waals surface area contributed by atoms with E-state index in [4.69, 9.17) is 0 Å². The molecular formula is C14H18F3N. The van der Waals surface area contributed by atoms with Crippen LogP contribution in [0.2, 0.25) is 0 Å². The number of halogens is 3. The number of hydrogen-bond acceptors (Lipinski definition) is 1. The van der Waals surface area contributed by atoms with Gasteiger partial charge in [0, 0.05) is 0 Å². The molecule has 0 radical (unpaired) electrons. The van der Waals surface area contributed by atoms with Crippen molar-refractivity contribution in [2.24, 2.45) is 0 Å². The van der Waals surface area contributed by atoms with Crippen molar-refractivity contribution in [1.82, 2.24) is 5.32 Å². The second kappa shape index (κ2) is 6.05. The Kier molecular flexibility index (Phi) is 4.96. The zero-order chi connectivity index (χ0) is 13.8. The summed E-state index contributed by atoms with van der Waals surface area (Å²) in [6.07, 6.45) is -3.32. The Morgan fingerprint density at radius 2 is 1.83 bits per heavy atom. The average Bonchev–Trinajstić information content (AvgIpc) is 2.28. The summed E-state index contributed by atoms with van der Waals surface area (Å²) in [5.74, 6) is 0. The lowest BCUT2D eigenvalue weighted by molar-refractivity contribution is -0.137. The van der Waals surface area contributed by atoms with Gasteiger partial charge in [-0.05, 0) is 37.6 Å². The second-order valence-corrected chi connectivity index (χ2v) is 4.35. The first-order chi connectivity index (χ1) is 8.36. The summed E-state index contributed by atoms with van der Waals surface area (Å²) in [5, 5.41) is 3.26. The Bertz CT molecular complexity index is 392. The Balaban J connectivity index is 2.90. The molecule has 1 aromatic carbocycles. The third kappa shape index (κ3) is 3.88. The van der Waals surface area contributed by atoms with Crippen molar-refractivity contribution in [3.8, 4) is 0 Å². The molecule has 4 heteroatoms. The van der Waals surface area contributed by atoms with Crippen LogP contribution in [0.25, 0.3) is 0 Å². The molecule has 0 bridgehead atoms. The van der Waals surface area contributed by atoms with E-state index in [1.54, 1.807) is 0 Å². The summed E-state index contributed by atoms with van der Waals surface area (Å²) in [6.45, 7) is 8.58. The van der Waals surface area contributed by atoms with Crippen molar-refractivity contribution in [3.63, 3.8) is 0 Å². The molecule has 0 aliphatic heterocycles. The molecule has 0 heterocycles. The van der Waals surface area contributed by atoms with Crippen molar-refractivity contribution < 1.29 is 13.2 Å². The molecule has 1 nitrogen and oxygen atoms in total. The smallest absolute Gasteiger partial charge is 0.307 e. The molecule has 0 aliphatic rings. The Morgan fingerprint density at radius 3 is 2.22 bits per heavy atom. The number of alkyl halides is 3. The van der Waals surface area contributed by atoms with Gasteiger partial charge in [-0.1, -0.05) is 31.2 Å². The second-order valence-electron chi connectivity index (χ2n) is 4.35. The van der Waals surface area contributed by atoms with Gasteiger partial charge in [-0.3, -0.25) is 0 Å². The molecule has 0 amide bonds. The van der Waals surface area contributed by atoms with Crippen LogP contribution in [0.5, 0.6) is 0 Å². The Hall–Kier alpha value is -1.29. The van der Waals surface area contributed by atoms with Gasteiger partial charge in [0.2, 0.25) is 0 Å². The largest absolute Gasteiger partial charge is 0.416 e. The molecule has 1 aromatic rings. The van der Waals surface area contributed by atoms with Crippen molar-refractivity contribution in [2.75, 3.05) is 6.54 Å². The van der Waals surface area contributed by atoms with Gasteiger partial charge in [0.1, 0.15) is 0 Å². The summed E-state index contributed by atoms with van der Waals surface area (Å²) in [5.41, 5.74) is 1.08. The van der Waals surface area contributed by atoms with Gasteiger partial charge in [0.15, 0.2) is 0 Å². The summed E-state index contributed by atoms with van der Waals surface area (Å²) in [6, 6.07) is 5.14. The average molecular weight is 257 g/mol. The van der Waals surface area contributed by atoms with Crippen LogP contribution in [0.3, 0.4) is 0 Å². The summed E-state index contributed by atoms with van der Waals surface area (Å²) in [7, 11) is 0. The summed E-state index contributed by atoms with van der Waals surface area (Å²) in [4.78, 5) is 0. The number of rotatable bonds is 5. The van der Waals surface area contributed by atoms with Gasteiger partial charge in [0.25, 0.3) is 0 Å². The zero-order valence-electron chi connectivity index (χ0n) is 10.6. The third-order valence-corrected chi connectivity index (χ3v) is 2.66. The number of nitrogens with one attached hydrogen (secondary N) is 1. The molecule has 0 aliphatic carbocycles. The van der Waals surface area contributed by atoms with Crippen LogP contribution in [-0.2, 0) is 6.18 Å². The molecule has 18 heavy (non-hydrogen) atoms. The van der Waals surface area contributed by atoms with E-state index in [1.165, 1.54) is 12.1 Å². The molecule has 1 atom stereocenters. The monoisotopic (exact) mass is 257 g/mol. The van der Waals surface area contributed by atoms with Crippen LogP contribution >= 0.6 is 0 Å². The molecule has 1 N–H and O–H groups in total. The van der Waals surface area contributed by atoms with E-state index >= 15 is 0 Å². The topological polar surface area (TPSA) is 12.0 Å². The van der Waals surface area contributed by atoms with E-state index < -0.39 is 11.7 Å². The molecule has 1 rings (SSSR count). The number of hydrogen-bond donors (Lipinski definition) is 1.